The van der Waals surface area contributed by atoms with Gasteiger partial charge in [-0.25, -0.2) is 4.39 Å². The number of rotatable bonds is 5. The third-order valence-electron chi connectivity index (χ3n) is 4.63. The standard InChI is InChI=1S/C20H23FN2/c1-13-6-11-18-17(5-3-4-12-22)20(23-19(18)14(13)2)15-7-9-16(21)10-8-15/h6-11,23H,3-5,12,22H2,1-2H3. The van der Waals surface area contributed by atoms with Crippen molar-refractivity contribution in [2.24, 2.45) is 5.73 Å². The summed E-state index contributed by atoms with van der Waals surface area (Å²) in [6.07, 6.45) is 3.05. The predicted molar refractivity (Wildman–Crippen MR) is 95.2 cm³/mol. The number of benzene rings is 2. The van der Waals surface area contributed by atoms with E-state index >= 15 is 0 Å². The van der Waals surface area contributed by atoms with Crippen LogP contribution in [0.25, 0.3) is 22.2 Å². The second-order valence-electron chi connectivity index (χ2n) is 6.16. The molecular formula is C20H23FN2. The Labute approximate surface area is 136 Å². The molecule has 3 aromatic rings. The van der Waals surface area contributed by atoms with Crippen LogP contribution in [-0.2, 0) is 6.42 Å². The molecule has 0 atom stereocenters. The molecule has 0 unspecified atom stereocenters. The molecule has 0 aliphatic carbocycles. The highest BCUT2D eigenvalue weighted by Crippen LogP contribution is 2.34. The number of hydrogen-bond donors (Lipinski definition) is 2. The van der Waals surface area contributed by atoms with E-state index in [4.69, 9.17) is 5.73 Å². The molecule has 2 nitrogen and oxygen atoms in total. The highest BCUT2D eigenvalue weighted by atomic mass is 19.1. The van der Waals surface area contributed by atoms with Gasteiger partial charge in [-0.05, 0) is 86.2 Å². The Bertz CT molecular complexity index is 816. The number of hydrogen-bond acceptors (Lipinski definition) is 1. The molecule has 0 saturated heterocycles. The van der Waals surface area contributed by atoms with Crippen LogP contribution in [0.5, 0.6) is 0 Å². The van der Waals surface area contributed by atoms with Crippen molar-refractivity contribution in [3.8, 4) is 11.3 Å². The van der Waals surface area contributed by atoms with E-state index in [1.807, 2.05) is 12.1 Å². The van der Waals surface area contributed by atoms with Crippen molar-refractivity contribution in [1.29, 1.82) is 0 Å². The lowest BCUT2D eigenvalue weighted by atomic mass is 9.98. The Balaban J connectivity index is 2.16. The molecule has 0 amide bonds. The van der Waals surface area contributed by atoms with E-state index < -0.39 is 0 Å². The van der Waals surface area contributed by atoms with Gasteiger partial charge in [0.1, 0.15) is 5.82 Å². The van der Waals surface area contributed by atoms with Crippen molar-refractivity contribution in [3.63, 3.8) is 0 Å². The van der Waals surface area contributed by atoms with Gasteiger partial charge < -0.3 is 10.7 Å². The average molecular weight is 310 g/mol. The molecule has 1 aromatic heterocycles. The highest BCUT2D eigenvalue weighted by molar-refractivity contribution is 5.93. The summed E-state index contributed by atoms with van der Waals surface area (Å²) in [5, 5.41) is 1.27. The number of fused-ring (bicyclic) bond motifs is 1. The topological polar surface area (TPSA) is 41.8 Å². The molecule has 3 rings (SSSR count). The third kappa shape index (κ3) is 3.02. The number of aromatic amines is 1. The van der Waals surface area contributed by atoms with E-state index in [9.17, 15) is 4.39 Å². The summed E-state index contributed by atoms with van der Waals surface area (Å²) in [4.78, 5) is 3.58. The number of nitrogens with two attached hydrogens (primary N) is 1. The van der Waals surface area contributed by atoms with Crippen molar-refractivity contribution in [1.82, 2.24) is 4.98 Å². The molecular weight excluding hydrogens is 287 g/mol. The average Bonchev–Trinajstić information content (AvgIpc) is 2.91. The molecule has 3 heteroatoms. The molecule has 23 heavy (non-hydrogen) atoms. The Morgan fingerprint density at radius 1 is 1.00 bits per heavy atom. The van der Waals surface area contributed by atoms with Crippen LogP contribution in [0.3, 0.4) is 0 Å². The fourth-order valence-electron chi connectivity index (χ4n) is 3.13. The van der Waals surface area contributed by atoms with E-state index in [1.54, 1.807) is 0 Å². The van der Waals surface area contributed by atoms with Crippen LogP contribution in [0.4, 0.5) is 4.39 Å². The fraction of sp³-hybridized carbons (Fsp3) is 0.300. The first kappa shape index (κ1) is 15.8. The Kier molecular flexibility index (Phi) is 4.49. The maximum Gasteiger partial charge on any atom is 0.123 e. The summed E-state index contributed by atoms with van der Waals surface area (Å²) < 4.78 is 13.2. The molecule has 0 radical (unpaired) electrons. The summed E-state index contributed by atoms with van der Waals surface area (Å²) in [5.74, 6) is -0.207. The molecule has 0 aliphatic heterocycles. The third-order valence-corrected chi connectivity index (χ3v) is 4.63. The zero-order valence-corrected chi connectivity index (χ0v) is 13.7. The minimum absolute atomic E-state index is 0.207. The van der Waals surface area contributed by atoms with Crippen LogP contribution in [0.2, 0.25) is 0 Å². The first-order valence-corrected chi connectivity index (χ1v) is 8.18. The summed E-state index contributed by atoms with van der Waals surface area (Å²) in [6.45, 7) is 4.99. The van der Waals surface area contributed by atoms with Gasteiger partial charge in [-0.2, -0.15) is 0 Å². The van der Waals surface area contributed by atoms with Gasteiger partial charge >= 0.3 is 0 Å². The van der Waals surface area contributed by atoms with Crippen molar-refractivity contribution < 1.29 is 4.39 Å². The van der Waals surface area contributed by atoms with Gasteiger partial charge in [0.2, 0.25) is 0 Å². The molecule has 0 aliphatic rings. The minimum atomic E-state index is -0.207. The lowest BCUT2D eigenvalue weighted by Gasteiger charge is -2.05. The van der Waals surface area contributed by atoms with Crippen LogP contribution >= 0.6 is 0 Å². The fourth-order valence-corrected chi connectivity index (χ4v) is 3.13. The number of halogens is 1. The number of H-pyrrole nitrogens is 1. The van der Waals surface area contributed by atoms with Gasteiger partial charge in [-0.3, -0.25) is 0 Å². The lowest BCUT2D eigenvalue weighted by Crippen LogP contribution is -1.99. The van der Waals surface area contributed by atoms with Crippen LogP contribution < -0.4 is 5.73 Å². The predicted octanol–water partition coefficient (Wildman–Crippen LogP) is 4.87. The quantitative estimate of drug-likeness (QED) is 0.648. The highest BCUT2D eigenvalue weighted by Gasteiger charge is 2.15. The van der Waals surface area contributed by atoms with Gasteiger partial charge in [0.15, 0.2) is 0 Å². The van der Waals surface area contributed by atoms with Gasteiger partial charge in [0.25, 0.3) is 0 Å². The summed E-state index contributed by atoms with van der Waals surface area (Å²) in [7, 11) is 0. The van der Waals surface area contributed by atoms with Crippen molar-refractivity contribution in [2.75, 3.05) is 6.54 Å². The second-order valence-corrected chi connectivity index (χ2v) is 6.16. The SMILES string of the molecule is Cc1ccc2c(CCCCN)c(-c3ccc(F)cc3)[nH]c2c1C. The molecule has 1 heterocycles. The zero-order valence-electron chi connectivity index (χ0n) is 13.7. The normalized spacial score (nSPS) is 11.3. The van der Waals surface area contributed by atoms with E-state index in [0.29, 0.717) is 6.54 Å². The van der Waals surface area contributed by atoms with E-state index in [2.05, 4.69) is 31.0 Å². The second kappa shape index (κ2) is 6.55. The van der Waals surface area contributed by atoms with Crippen molar-refractivity contribution in [3.05, 3.63) is 58.9 Å². The van der Waals surface area contributed by atoms with E-state index in [0.717, 1.165) is 30.5 Å². The molecule has 0 spiro atoms. The lowest BCUT2D eigenvalue weighted by molar-refractivity contribution is 0.628. The van der Waals surface area contributed by atoms with Crippen LogP contribution in [0, 0.1) is 19.7 Å². The number of aryl methyl sites for hydroxylation is 3. The Hall–Kier alpha value is -2.13. The first-order valence-electron chi connectivity index (χ1n) is 8.18. The van der Waals surface area contributed by atoms with Gasteiger partial charge in [-0.1, -0.05) is 12.1 Å². The molecule has 3 N–H and O–H groups in total. The van der Waals surface area contributed by atoms with Gasteiger partial charge in [0.05, 0.1) is 0 Å². The smallest absolute Gasteiger partial charge is 0.123 e. The van der Waals surface area contributed by atoms with Crippen molar-refractivity contribution in [2.45, 2.75) is 33.1 Å². The zero-order chi connectivity index (χ0) is 16.4. The molecule has 0 saturated carbocycles. The van der Waals surface area contributed by atoms with E-state index in [1.165, 1.54) is 39.7 Å². The summed E-state index contributed by atoms with van der Waals surface area (Å²) in [6, 6.07) is 11.1. The Morgan fingerprint density at radius 3 is 2.43 bits per heavy atom. The summed E-state index contributed by atoms with van der Waals surface area (Å²) in [5.41, 5.74) is 12.8. The number of nitrogens with one attached hydrogen (secondary N) is 1. The minimum Gasteiger partial charge on any atom is -0.354 e. The van der Waals surface area contributed by atoms with Crippen LogP contribution in [0.1, 0.15) is 29.5 Å². The Morgan fingerprint density at radius 2 is 1.74 bits per heavy atom. The molecule has 120 valence electrons. The monoisotopic (exact) mass is 310 g/mol. The van der Waals surface area contributed by atoms with Crippen LogP contribution in [0.15, 0.2) is 36.4 Å². The van der Waals surface area contributed by atoms with Gasteiger partial charge in [-0.15, -0.1) is 0 Å². The van der Waals surface area contributed by atoms with Crippen LogP contribution in [-0.4, -0.2) is 11.5 Å². The van der Waals surface area contributed by atoms with E-state index in [-0.39, 0.29) is 5.82 Å². The maximum absolute atomic E-state index is 13.2. The first-order chi connectivity index (χ1) is 11.1. The number of aromatic nitrogens is 1. The molecule has 2 aromatic carbocycles. The van der Waals surface area contributed by atoms with Gasteiger partial charge in [0, 0.05) is 16.6 Å². The largest absolute Gasteiger partial charge is 0.354 e. The number of unbranched alkanes of at least 4 members (excludes halogenated alkanes) is 1. The summed E-state index contributed by atoms with van der Waals surface area (Å²) >= 11 is 0. The van der Waals surface area contributed by atoms with Crippen molar-refractivity contribution >= 4 is 10.9 Å². The molecule has 0 fully saturated rings. The maximum atomic E-state index is 13.2. The molecule has 0 bridgehead atoms.